The second-order valence-electron chi connectivity index (χ2n) is 4.88. The van der Waals surface area contributed by atoms with Crippen LogP contribution in [-0.4, -0.2) is 29.9 Å². The van der Waals surface area contributed by atoms with Crippen molar-refractivity contribution in [2.45, 2.75) is 32.2 Å². The third-order valence-electron chi connectivity index (χ3n) is 3.34. The second kappa shape index (κ2) is 6.37. The van der Waals surface area contributed by atoms with Crippen LogP contribution < -0.4 is 5.32 Å². The van der Waals surface area contributed by atoms with Crippen LogP contribution in [-0.2, 0) is 4.79 Å². The first-order valence-corrected chi connectivity index (χ1v) is 7.37. The maximum absolute atomic E-state index is 13.2. The van der Waals surface area contributed by atoms with E-state index in [-0.39, 0.29) is 17.8 Å². The van der Waals surface area contributed by atoms with Crippen molar-refractivity contribution in [3.63, 3.8) is 0 Å². The van der Waals surface area contributed by atoms with Crippen molar-refractivity contribution < 1.29 is 9.18 Å². The van der Waals surface area contributed by atoms with Gasteiger partial charge in [0.05, 0.1) is 5.69 Å². The van der Waals surface area contributed by atoms with Crippen molar-refractivity contribution in [2.75, 3.05) is 18.4 Å². The van der Waals surface area contributed by atoms with Crippen LogP contribution in [0, 0.1) is 5.82 Å². The van der Waals surface area contributed by atoms with E-state index in [1.165, 1.54) is 18.6 Å². The first-order valence-electron chi connectivity index (χ1n) is 6.58. The van der Waals surface area contributed by atoms with Gasteiger partial charge >= 0.3 is 0 Å². The minimum absolute atomic E-state index is 0.0795. The van der Waals surface area contributed by atoms with Crippen molar-refractivity contribution in [1.29, 1.82) is 0 Å². The smallest absolute Gasteiger partial charge is 0.244 e. The van der Waals surface area contributed by atoms with Crippen LogP contribution in [0.3, 0.4) is 0 Å². The number of benzene rings is 1. The molecule has 1 aromatic rings. The van der Waals surface area contributed by atoms with Gasteiger partial charge in [-0.1, -0.05) is 0 Å². The van der Waals surface area contributed by atoms with Crippen LogP contribution in [0.15, 0.2) is 22.7 Å². The molecule has 1 N–H and O–H groups in total. The Morgan fingerprint density at radius 1 is 1.37 bits per heavy atom. The molecular weight excluding hydrogens is 311 g/mol. The fourth-order valence-corrected chi connectivity index (χ4v) is 2.65. The highest BCUT2D eigenvalue weighted by molar-refractivity contribution is 9.10. The summed E-state index contributed by atoms with van der Waals surface area (Å²) in [5.41, 5.74) is 0.609. The van der Waals surface area contributed by atoms with Crippen molar-refractivity contribution in [3.05, 3.63) is 28.5 Å². The zero-order valence-electron chi connectivity index (χ0n) is 11.0. The lowest BCUT2D eigenvalue weighted by Gasteiger charge is -2.29. The number of hydrogen-bond donors (Lipinski definition) is 1. The molecule has 0 bridgehead atoms. The number of anilines is 1. The molecular formula is C14H18BrFN2O. The first-order chi connectivity index (χ1) is 9.08. The Labute approximate surface area is 121 Å². The molecule has 1 aliphatic rings. The average molecular weight is 329 g/mol. The van der Waals surface area contributed by atoms with Crippen LogP contribution in [0.1, 0.15) is 26.2 Å². The number of amides is 1. The fraction of sp³-hybridized carbons (Fsp3) is 0.500. The number of hydrogen-bond acceptors (Lipinski definition) is 2. The van der Waals surface area contributed by atoms with E-state index >= 15 is 0 Å². The molecule has 1 fully saturated rings. The number of halogens is 2. The maximum Gasteiger partial charge on any atom is 0.244 e. The molecule has 1 aliphatic heterocycles. The first kappa shape index (κ1) is 14.3. The lowest BCUT2D eigenvalue weighted by Crippen LogP contribution is -2.43. The quantitative estimate of drug-likeness (QED) is 0.922. The van der Waals surface area contributed by atoms with E-state index in [4.69, 9.17) is 0 Å². The summed E-state index contributed by atoms with van der Waals surface area (Å²) in [6, 6.07) is 4.06. The number of likely N-dealkylation sites (tertiary alicyclic amines) is 1. The van der Waals surface area contributed by atoms with Gasteiger partial charge in [-0.3, -0.25) is 4.79 Å². The molecule has 1 heterocycles. The Morgan fingerprint density at radius 2 is 2.05 bits per heavy atom. The standard InChI is InChI=1S/C14H18BrFN2O/c1-10(14(19)18-7-3-2-4-8-18)17-13-9-11(16)5-6-12(13)15/h5-6,9-10,17H,2-4,7-8H2,1H3. The van der Waals surface area contributed by atoms with E-state index in [2.05, 4.69) is 21.2 Å². The van der Waals surface area contributed by atoms with E-state index in [1.54, 1.807) is 6.07 Å². The average Bonchev–Trinajstić information content (AvgIpc) is 2.43. The van der Waals surface area contributed by atoms with E-state index in [0.717, 1.165) is 30.4 Å². The lowest BCUT2D eigenvalue weighted by molar-refractivity contribution is -0.132. The number of rotatable bonds is 3. The Hall–Kier alpha value is -1.10. The van der Waals surface area contributed by atoms with Gasteiger partial charge in [0.1, 0.15) is 11.9 Å². The van der Waals surface area contributed by atoms with Crippen LogP contribution in [0.25, 0.3) is 0 Å². The SMILES string of the molecule is CC(Nc1cc(F)ccc1Br)C(=O)N1CCCCC1. The molecule has 1 aromatic carbocycles. The largest absolute Gasteiger partial charge is 0.373 e. The topological polar surface area (TPSA) is 32.3 Å². The number of nitrogens with one attached hydrogen (secondary N) is 1. The maximum atomic E-state index is 13.2. The van der Waals surface area contributed by atoms with Gasteiger partial charge in [-0.25, -0.2) is 4.39 Å². The van der Waals surface area contributed by atoms with Gasteiger partial charge in [-0.15, -0.1) is 0 Å². The van der Waals surface area contributed by atoms with E-state index < -0.39 is 0 Å². The summed E-state index contributed by atoms with van der Waals surface area (Å²) in [7, 11) is 0. The zero-order valence-corrected chi connectivity index (χ0v) is 12.5. The van der Waals surface area contributed by atoms with Gasteiger partial charge < -0.3 is 10.2 Å². The normalized spacial score (nSPS) is 17.1. The predicted octanol–water partition coefficient (Wildman–Crippen LogP) is 3.40. The van der Waals surface area contributed by atoms with Crippen LogP contribution >= 0.6 is 15.9 Å². The summed E-state index contributed by atoms with van der Waals surface area (Å²) < 4.78 is 14.0. The van der Waals surface area contributed by atoms with Gasteiger partial charge in [-0.2, -0.15) is 0 Å². The number of nitrogens with zero attached hydrogens (tertiary/aromatic N) is 1. The van der Waals surface area contributed by atoms with Crippen LogP contribution in [0.4, 0.5) is 10.1 Å². The predicted molar refractivity (Wildman–Crippen MR) is 77.6 cm³/mol. The minimum atomic E-state index is -0.351. The summed E-state index contributed by atoms with van der Waals surface area (Å²) in [6.07, 6.45) is 3.34. The molecule has 1 unspecified atom stereocenters. The Balaban J connectivity index is 2.01. The molecule has 0 radical (unpaired) electrons. The van der Waals surface area contributed by atoms with Crippen molar-refractivity contribution in [1.82, 2.24) is 4.90 Å². The molecule has 19 heavy (non-hydrogen) atoms. The molecule has 5 heteroatoms. The number of carbonyl (C=O) groups is 1. The Morgan fingerprint density at radius 3 is 2.74 bits per heavy atom. The van der Waals surface area contributed by atoms with Crippen LogP contribution in [0.2, 0.25) is 0 Å². The summed E-state index contributed by atoms with van der Waals surface area (Å²) >= 11 is 3.35. The third-order valence-corrected chi connectivity index (χ3v) is 4.03. The second-order valence-corrected chi connectivity index (χ2v) is 5.73. The molecule has 1 atom stereocenters. The van der Waals surface area contributed by atoms with E-state index in [9.17, 15) is 9.18 Å². The molecule has 0 spiro atoms. The van der Waals surface area contributed by atoms with Gasteiger partial charge in [-0.05, 0) is 60.3 Å². The number of carbonyl (C=O) groups excluding carboxylic acids is 1. The highest BCUT2D eigenvalue weighted by atomic mass is 79.9. The van der Waals surface area contributed by atoms with Crippen LogP contribution in [0.5, 0.6) is 0 Å². The molecule has 0 aliphatic carbocycles. The summed E-state index contributed by atoms with van der Waals surface area (Å²) in [4.78, 5) is 14.1. The summed E-state index contributed by atoms with van der Waals surface area (Å²) in [6.45, 7) is 3.47. The van der Waals surface area contributed by atoms with E-state index in [1.807, 2.05) is 11.8 Å². The molecule has 2 rings (SSSR count). The molecule has 1 saturated heterocycles. The minimum Gasteiger partial charge on any atom is -0.373 e. The molecule has 0 aromatic heterocycles. The highest BCUT2D eigenvalue weighted by Crippen LogP contribution is 2.24. The van der Waals surface area contributed by atoms with Crippen molar-refractivity contribution >= 4 is 27.5 Å². The van der Waals surface area contributed by atoms with Gasteiger partial charge in [0.2, 0.25) is 5.91 Å². The lowest BCUT2D eigenvalue weighted by atomic mass is 10.1. The molecule has 104 valence electrons. The Bertz CT molecular complexity index is 461. The van der Waals surface area contributed by atoms with Crippen molar-refractivity contribution in [2.24, 2.45) is 0 Å². The third kappa shape index (κ3) is 3.69. The van der Waals surface area contributed by atoms with Gasteiger partial charge in [0, 0.05) is 17.6 Å². The number of piperidine rings is 1. The zero-order chi connectivity index (χ0) is 13.8. The molecule has 1 amide bonds. The highest BCUT2D eigenvalue weighted by Gasteiger charge is 2.22. The molecule has 0 saturated carbocycles. The van der Waals surface area contributed by atoms with E-state index in [0.29, 0.717) is 5.69 Å². The summed E-state index contributed by atoms with van der Waals surface area (Å²) in [5, 5.41) is 3.07. The molecule has 3 nitrogen and oxygen atoms in total. The fourth-order valence-electron chi connectivity index (χ4n) is 2.29. The van der Waals surface area contributed by atoms with Gasteiger partial charge in [0.25, 0.3) is 0 Å². The summed E-state index contributed by atoms with van der Waals surface area (Å²) in [5.74, 6) is -0.237. The van der Waals surface area contributed by atoms with Gasteiger partial charge in [0.15, 0.2) is 0 Å². The Kier molecular flexibility index (Phi) is 4.80. The van der Waals surface area contributed by atoms with Crippen molar-refractivity contribution in [3.8, 4) is 0 Å². The monoisotopic (exact) mass is 328 g/mol.